The van der Waals surface area contributed by atoms with E-state index in [9.17, 15) is 13.2 Å². The molecule has 1 N–H and O–H groups in total. The Bertz CT molecular complexity index is 649. The summed E-state index contributed by atoms with van der Waals surface area (Å²) in [5.74, 6) is -0.742. The molecule has 7 nitrogen and oxygen atoms in total. The lowest BCUT2D eigenvalue weighted by Crippen LogP contribution is -2.39. The van der Waals surface area contributed by atoms with Crippen molar-refractivity contribution in [2.75, 3.05) is 12.4 Å². The lowest BCUT2D eigenvalue weighted by molar-refractivity contribution is -0.120. The summed E-state index contributed by atoms with van der Waals surface area (Å²) in [6, 6.07) is 0. The minimum Gasteiger partial charge on any atom is -0.377 e. The molecular formula is C14H21N3O4S. The fourth-order valence-corrected chi connectivity index (χ4v) is 4.23. The van der Waals surface area contributed by atoms with Crippen LogP contribution in [-0.4, -0.2) is 42.6 Å². The number of ether oxygens (including phenoxy) is 1. The first-order valence-electron chi connectivity index (χ1n) is 7.59. The standard InChI is InChI=1S/C14H21N3O4S/c1-17-8-10(7-15-17)12-6-13(12)14(18)16-22(19,20)9-11-4-2-3-5-21-11/h7-8,11-13H,2-6,9H2,1H3,(H,16,18)/t11-,12+,13+/m1/s1. The van der Waals surface area contributed by atoms with E-state index in [0.717, 1.165) is 24.8 Å². The van der Waals surface area contributed by atoms with E-state index in [1.165, 1.54) is 0 Å². The molecule has 0 radical (unpaired) electrons. The van der Waals surface area contributed by atoms with Gasteiger partial charge < -0.3 is 4.74 Å². The van der Waals surface area contributed by atoms with Crippen LogP contribution in [0.3, 0.4) is 0 Å². The predicted molar refractivity (Wildman–Crippen MR) is 79.6 cm³/mol. The third-order valence-corrected chi connectivity index (χ3v) is 5.54. The number of nitrogens with one attached hydrogen (secondary N) is 1. The summed E-state index contributed by atoms with van der Waals surface area (Å²) in [7, 11) is -1.82. The van der Waals surface area contributed by atoms with E-state index < -0.39 is 15.9 Å². The Balaban J connectivity index is 1.53. The van der Waals surface area contributed by atoms with Crippen LogP contribution in [0.1, 0.15) is 37.2 Å². The zero-order valence-electron chi connectivity index (χ0n) is 12.6. The third-order valence-electron chi connectivity index (χ3n) is 4.22. The topological polar surface area (TPSA) is 90.3 Å². The molecule has 0 unspecified atom stereocenters. The molecule has 3 rings (SSSR count). The van der Waals surface area contributed by atoms with Gasteiger partial charge in [0.1, 0.15) is 0 Å². The first-order chi connectivity index (χ1) is 10.4. The van der Waals surface area contributed by atoms with Gasteiger partial charge in [0.15, 0.2) is 0 Å². The molecule has 3 atom stereocenters. The summed E-state index contributed by atoms with van der Waals surface area (Å²) < 4.78 is 33.4. The first-order valence-corrected chi connectivity index (χ1v) is 9.24. The van der Waals surface area contributed by atoms with Crippen LogP contribution >= 0.6 is 0 Å². The second-order valence-corrected chi connectivity index (χ2v) is 7.90. The summed E-state index contributed by atoms with van der Waals surface area (Å²) in [4.78, 5) is 12.1. The van der Waals surface area contributed by atoms with Crippen LogP contribution in [-0.2, 0) is 26.6 Å². The van der Waals surface area contributed by atoms with Crippen molar-refractivity contribution >= 4 is 15.9 Å². The zero-order chi connectivity index (χ0) is 15.7. The number of amides is 1. The van der Waals surface area contributed by atoms with Crippen LogP contribution in [0.2, 0.25) is 0 Å². The van der Waals surface area contributed by atoms with Crippen LogP contribution in [0.4, 0.5) is 0 Å². The second kappa shape index (κ2) is 6.00. The summed E-state index contributed by atoms with van der Waals surface area (Å²) in [6.07, 6.45) is 6.64. The van der Waals surface area contributed by atoms with E-state index in [1.807, 2.05) is 13.2 Å². The normalized spacial score (nSPS) is 28.3. The summed E-state index contributed by atoms with van der Waals surface area (Å²) >= 11 is 0. The average molecular weight is 327 g/mol. The molecule has 0 bridgehead atoms. The fourth-order valence-electron chi connectivity index (χ4n) is 2.94. The van der Waals surface area contributed by atoms with Crippen molar-refractivity contribution in [2.24, 2.45) is 13.0 Å². The van der Waals surface area contributed by atoms with E-state index in [2.05, 4.69) is 9.82 Å². The smallest absolute Gasteiger partial charge is 0.237 e. The van der Waals surface area contributed by atoms with Crippen LogP contribution < -0.4 is 4.72 Å². The molecule has 1 aromatic heterocycles. The van der Waals surface area contributed by atoms with E-state index in [1.54, 1.807) is 10.9 Å². The Labute approximate surface area is 130 Å². The number of sulfonamides is 1. The highest BCUT2D eigenvalue weighted by Gasteiger charge is 2.45. The summed E-state index contributed by atoms with van der Waals surface area (Å²) in [5.41, 5.74) is 0.982. The molecule has 2 fully saturated rings. The van der Waals surface area contributed by atoms with Crippen molar-refractivity contribution in [2.45, 2.75) is 37.7 Å². The number of hydrogen-bond acceptors (Lipinski definition) is 5. The highest BCUT2D eigenvalue weighted by atomic mass is 32.2. The molecular weight excluding hydrogens is 306 g/mol. The quantitative estimate of drug-likeness (QED) is 0.852. The number of aryl methyl sites for hydroxylation is 1. The van der Waals surface area contributed by atoms with E-state index >= 15 is 0 Å². The van der Waals surface area contributed by atoms with Gasteiger partial charge in [-0.05, 0) is 37.2 Å². The lowest BCUT2D eigenvalue weighted by atomic mass is 10.1. The van der Waals surface area contributed by atoms with Crippen LogP contribution in [0, 0.1) is 5.92 Å². The number of carbonyl (C=O) groups is 1. The molecule has 1 saturated carbocycles. The van der Waals surface area contributed by atoms with Gasteiger partial charge in [0, 0.05) is 25.8 Å². The fraction of sp³-hybridized carbons (Fsp3) is 0.714. The maximum Gasteiger partial charge on any atom is 0.237 e. The maximum absolute atomic E-state index is 12.1. The Morgan fingerprint density at radius 1 is 1.50 bits per heavy atom. The largest absolute Gasteiger partial charge is 0.377 e. The van der Waals surface area contributed by atoms with Gasteiger partial charge in [-0.25, -0.2) is 8.42 Å². The molecule has 1 aliphatic carbocycles. The van der Waals surface area contributed by atoms with Crippen molar-refractivity contribution in [1.29, 1.82) is 0 Å². The van der Waals surface area contributed by atoms with Gasteiger partial charge in [0.25, 0.3) is 0 Å². The van der Waals surface area contributed by atoms with Crippen LogP contribution in [0.25, 0.3) is 0 Å². The van der Waals surface area contributed by atoms with Crippen molar-refractivity contribution in [3.63, 3.8) is 0 Å². The molecule has 8 heteroatoms. The molecule has 122 valence electrons. The maximum atomic E-state index is 12.1. The number of hydrogen-bond donors (Lipinski definition) is 1. The van der Waals surface area contributed by atoms with Crippen molar-refractivity contribution < 1.29 is 17.9 Å². The van der Waals surface area contributed by atoms with Crippen molar-refractivity contribution in [1.82, 2.24) is 14.5 Å². The highest BCUT2D eigenvalue weighted by Crippen LogP contribution is 2.47. The third kappa shape index (κ3) is 3.67. The Morgan fingerprint density at radius 3 is 2.95 bits per heavy atom. The average Bonchev–Trinajstić information content (AvgIpc) is 3.14. The van der Waals surface area contributed by atoms with E-state index in [0.29, 0.717) is 13.0 Å². The monoisotopic (exact) mass is 327 g/mol. The number of aromatic nitrogens is 2. The molecule has 2 aliphatic rings. The lowest BCUT2D eigenvalue weighted by Gasteiger charge is -2.22. The number of rotatable bonds is 5. The number of nitrogens with zero attached hydrogens (tertiary/aromatic N) is 2. The molecule has 0 aromatic carbocycles. The van der Waals surface area contributed by atoms with Gasteiger partial charge in [-0.2, -0.15) is 5.10 Å². The minimum absolute atomic E-state index is 0.0785. The molecule has 1 saturated heterocycles. The Kier molecular flexibility index (Phi) is 4.22. The minimum atomic E-state index is -3.63. The molecule has 22 heavy (non-hydrogen) atoms. The van der Waals surface area contributed by atoms with Gasteiger partial charge in [-0.3, -0.25) is 14.2 Å². The second-order valence-electron chi connectivity index (χ2n) is 6.13. The Morgan fingerprint density at radius 2 is 2.32 bits per heavy atom. The van der Waals surface area contributed by atoms with Crippen molar-refractivity contribution in [3.8, 4) is 0 Å². The van der Waals surface area contributed by atoms with Gasteiger partial charge in [0.2, 0.25) is 15.9 Å². The zero-order valence-corrected chi connectivity index (χ0v) is 13.4. The van der Waals surface area contributed by atoms with Gasteiger partial charge in [-0.15, -0.1) is 0 Å². The summed E-state index contributed by atoms with van der Waals surface area (Å²) in [5, 5.41) is 4.07. The van der Waals surface area contributed by atoms with E-state index in [4.69, 9.17) is 4.74 Å². The van der Waals surface area contributed by atoms with Gasteiger partial charge in [0.05, 0.1) is 18.1 Å². The summed E-state index contributed by atoms with van der Waals surface area (Å²) in [6.45, 7) is 0.597. The van der Waals surface area contributed by atoms with Crippen LogP contribution in [0.5, 0.6) is 0 Å². The molecule has 1 aliphatic heterocycles. The SMILES string of the molecule is Cn1cc([C@@H]2C[C@@H]2C(=O)NS(=O)(=O)C[C@H]2CCCCO2)cn1. The van der Waals surface area contributed by atoms with Crippen LogP contribution in [0.15, 0.2) is 12.4 Å². The first kappa shape index (κ1) is 15.5. The Hall–Kier alpha value is -1.41. The molecule has 2 heterocycles. The predicted octanol–water partition coefficient (Wildman–Crippen LogP) is 0.539. The molecule has 0 spiro atoms. The van der Waals surface area contributed by atoms with Crippen molar-refractivity contribution in [3.05, 3.63) is 18.0 Å². The van der Waals surface area contributed by atoms with Gasteiger partial charge >= 0.3 is 0 Å². The molecule has 1 amide bonds. The highest BCUT2D eigenvalue weighted by molar-refractivity contribution is 7.90. The number of carbonyl (C=O) groups excluding carboxylic acids is 1. The molecule has 1 aromatic rings. The van der Waals surface area contributed by atoms with Gasteiger partial charge in [-0.1, -0.05) is 0 Å². The van der Waals surface area contributed by atoms with E-state index in [-0.39, 0.29) is 23.7 Å².